The number of hydrogen-bond donors (Lipinski definition) is 1. The highest BCUT2D eigenvalue weighted by Gasteiger charge is 2.35. The number of fused-ring (bicyclic) bond motifs is 1. The van der Waals surface area contributed by atoms with E-state index in [0.717, 1.165) is 19.4 Å². The van der Waals surface area contributed by atoms with E-state index in [1.165, 1.54) is 37.8 Å². The molecule has 1 saturated heterocycles. The van der Waals surface area contributed by atoms with Gasteiger partial charge in [0.2, 0.25) is 10.0 Å². The number of sulfonamides is 1. The SMILES string of the molecule is C#CCNS(=O)(=O)c1ccc(C(=O)N2CCC[C@H]3CCCC[C@H]32)cc1. The Morgan fingerprint density at radius 1 is 1.16 bits per heavy atom. The predicted molar refractivity (Wildman–Crippen MR) is 96.5 cm³/mol. The van der Waals surface area contributed by atoms with Crippen LogP contribution in [0.4, 0.5) is 0 Å². The molecule has 1 saturated carbocycles. The van der Waals surface area contributed by atoms with E-state index in [9.17, 15) is 13.2 Å². The maximum absolute atomic E-state index is 12.9. The minimum Gasteiger partial charge on any atom is -0.335 e. The van der Waals surface area contributed by atoms with Crippen LogP contribution in [0.5, 0.6) is 0 Å². The van der Waals surface area contributed by atoms with Crippen LogP contribution in [0, 0.1) is 18.3 Å². The lowest BCUT2D eigenvalue weighted by atomic mass is 9.78. The van der Waals surface area contributed by atoms with Crippen molar-refractivity contribution in [1.82, 2.24) is 9.62 Å². The first-order valence-electron chi connectivity index (χ1n) is 8.87. The molecule has 1 heterocycles. The van der Waals surface area contributed by atoms with Crippen molar-refractivity contribution in [3.8, 4) is 12.3 Å². The molecule has 0 aromatic heterocycles. The quantitative estimate of drug-likeness (QED) is 0.839. The molecule has 2 fully saturated rings. The summed E-state index contributed by atoms with van der Waals surface area (Å²) in [5.41, 5.74) is 0.544. The fourth-order valence-corrected chi connectivity index (χ4v) is 4.97. The number of carbonyl (C=O) groups is 1. The molecule has 3 rings (SSSR count). The number of nitrogens with one attached hydrogen (secondary N) is 1. The van der Waals surface area contributed by atoms with Crippen LogP contribution in [0.25, 0.3) is 0 Å². The molecule has 1 aromatic carbocycles. The van der Waals surface area contributed by atoms with Crippen LogP contribution in [-0.2, 0) is 10.0 Å². The van der Waals surface area contributed by atoms with Crippen LogP contribution < -0.4 is 4.72 Å². The molecule has 5 nitrogen and oxygen atoms in total. The zero-order valence-corrected chi connectivity index (χ0v) is 15.1. The van der Waals surface area contributed by atoms with Gasteiger partial charge in [-0.25, -0.2) is 8.42 Å². The summed E-state index contributed by atoms with van der Waals surface area (Å²) < 4.78 is 26.4. The number of terminal acetylenes is 1. The fourth-order valence-electron chi connectivity index (χ4n) is 4.04. The lowest BCUT2D eigenvalue weighted by Crippen LogP contribution is -2.49. The zero-order chi connectivity index (χ0) is 17.9. The van der Waals surface area contributed by atoms with Crippen molar-refractivity contribution >= 4 is 15.9 Å². The topological polar surface area (TPSA) is 66.5 Å². The largest absolute Gasteiger partial charge is 0.335 e. The summed E-state index contributed by atoms with van der Waals surface area (Å²) in [5, 5.41) is 0. The summed E-state index contributed by atoms with van der Waals surface area (Å²) in [6.07, 6.45) is 12.1. The molecule has 0 spiro atoms. The highest BCUT2D eigenvalue weighted by molar-refractivity contribution is 7.89. The molecule has 2 aliphatic rings. The average molecular weight is 360 g/mol. The van der Waals surface area contributed by atoms with Gasteiger partial charge in [-0.15, -0.1) is 6.42 Å². The monoisotopic (exact) mass is 360 g/mol. The Labute approximate surface area is 149 Å². The molecule has 6 heteroatoms. The number of piperidine rings is 1. The van der Waals surface area contributed by atoms with Gasteiger partial charge in [0.1, 0.15) is 0 Å². The van der Waals surface area contributed by atoms with E-state index in [4.69, 9.17) is 6.42 Å². The number of carbonyl (C=O) groups excluding carboxylic acids is 1. The summed E-state index contributed by atoms with van der Waals surface area (Å²) in [4.78, 5) is 15.0. The first-order chi connectivity index (χ1) is 12.0. The molecule has 2 atom stereocenters. The van der Waals surface area contributed by atoms with Crippen LogP contribution in [0.3, 0.4) is 0 Å². The van der Waals surface area contributed by atoms with Gasteiger partial charge in [-0.2, -0.15) is 4.72 Å². The van der Waals surface area contributed by atoms with Crippen molar-refractivity contribution in [2.45, 2.75) is 49.5 Å². The third kappa shape index (κ3) is 3.88. The second kappa shape index (κ2) is 7.59. The maximum atomic E-state index is 12.9. The molecule has 0 bridgehead atoms. The van der Waals surface area contributed by atoms with Crippen molar-refractivity contribution in [2.75, 3.05) is 13.1 Å². The van der Waals surface area contributed by atoms with Gasteiger partial charge < -0.3 is 4.90 Å². The Morgan fingerprint density at radius 3 is 2.56 bits per heavy atom. The summed E-state index contributed by atoms with van der Waals surface area (Å²) in [7, 11) is -3.63. The number of hydrogen-bond acceptors (Lipinski definition) is 3. The number of benzene rings is 1. The number of likely N-dealkylation sites (tertiary alicyclic amines) is 1. The molecular formula is C19H24N2O3S. The van der Waals surface area contributed by atoms with E-state index in [2.05, 4.69) is 10.6 Å². The van der Waals surface area contributed by atoms with Crippen LogP contribution in [0.1, 0.15) is 48.9 Å². The molecule has 1 N–H and O–H groups in total. The van der Waals surface area contributed by atoms with E-state index in [1.807, 2.05) is 4.90 Å². The highest BCUT2D eigenvalue weighted by Crippen LogP contribution is 2.35. The second-order valence-electron chi connectivity index (χ2n) is 6.81. The molecule has 0 radical (unpaired) electrons. The van der Waals surface area contributed by atoms with E-state index in [1.54, 1.807) is 12.1 Å². The molecular weight excluding hydrogens is 336 g/mol. The third-order valence-electron chi connectivity index (χ3n) is 5.28. The Balaban J connectivity index is 1.75. The van der Waals surface area contributed by atoms with Crippen molar-refractivity contribution in [3.63, 3.8) is 0 Å². The van der Waals surface area contributed by atoms with E-state index in [-0.39, 0.29) is 17.3 Å². The smallest absolute Gasteiger partial charge is 0.254 e. The van der Waals surface area contributed by atoms with Gasteiger partial charge in [-0.1, -0.05) is 18.8 Å². The minimum absolute atomic E-state index is 0.0112. The number of nitrogens with zero attached hydrogens (tertiary/aromatic N) is 1. The summed E-state index contributed by atoms with van der Waals surface area (Å²) >= 11 is 0. The molecule has 1 amide bonds. The second-order valence-corrected chi connectivity index (χ2v) is 8.57. The summed E-state index contributed by atoms with van der Waals surface area (Å²) in [6, 6.07) is 6.47. The molecule has 0 unspecified atom stereocenters. The lowest BCUT2D eigenvalue weighted by molar-refractivity contribution is 0.0390. The standard InChI is InChI=1S/C19H24N2O3S/c1-2-13-20-25(23,24)17-11-9-16(10-12-17)19(22)21-14-5-7-15-6-3-4-8-18(15)21/h1,9-12,15,18,20H,3-8,13-14H2/t15-,18-/m1/s1. The molecule has 25 heavy (non-hydrogen) atoms. The third-order valence-corrected chi connectivity index (χ3v) is 6.70. The first-order valence-corrected chi connectivity index (χ1v) is 10.4. The van der Waals surface area contributed by atoms with Crippen LogP contribution in [0.15, 0.2) is 29.2 Å². The van der Waals surface area contributed by atoms with Gasteiger partial charge in [-0.3, -0.25) is 4.79 Å². The van der Waals surface area contributed by atoms with Crippen molar-refractivity contribution < 1.29 is 13.2 Å². The van der Waals surface area contributed by atoms with Crippen molar-refractivity contribution in [3.05, 3.63) is 29.8 Å². The summed E-state index contributed by atoms with van der Waals surface area (Å²) in [5.74, 6) is 2.88. The van der Waals surface area contributed by atoms with Gasteiger partial charge >= 0.3 is 0 Å². The molecule has 134 valence electrons. The van der Waals surface area contributed by atoms with Crippen LogP contribution in [-0.4, -0.2) is 38.4 Å². The normalized spacial score (nSPS) is 23.6. The average Bonchev–Trinajstić information content (AvgIpc) is 2.65. The summed E-state index contributed by atoms with van der Waals surface area (Å²) in [6.45, 7) is 0.740. The lowest BCUT2D eigenvalue weighted by Gasteiger charge is -2.44. The zero-order valence-electron chi connectivity index (χ0n) is 14.3. The number of rotatable bonds is 4. The minimum atomic E-state index is -3.63. The van der Waals surface area contributed by atoms with Crippen molar-refractivity contribution in [1.29, 1.82) is 0 Å². The van der Waals surface area contributed by atoms with Crippen molar-refractivity contribution in [2.24, 2.45) is 5.92 Å². The van der Waals surface area contributed by atoms with Crippen LogP contribution in [0.2, 0.25) is 0 Å². The molecule has 1 aliphatic carbocycles. The van der Waals surface area contributed by atoms with E-state index in [0.29, 0.717) is 17.5 Å². The van der Waals surface area contributed by atoms with Gasteiger partial charge in [0.15, 0.2) is 0 Å². The van der Waals surface area contributed by atoms with Gasteiger partial charge in [0.25, 0.3) is 5.91 Å². The Hall–Kier alpha value is -1.84. The predicted octanol–water partition coefficient (Wildman–Crippen LogP) is 2.39. The fraction of sp³-hybridized carbons (Fsp3) is 0.526. The Bertz CT molecular complexity index is 763. The Kier molecular flexibility index (Phi) is 5.45. The van der Waals surface area contributed by atoms with Gasteiger partial charge in [-0.05, 0) is 55.9 Å². The van der Waals surface area contributed by atoms with E-state index >= 15 is 0 Å². The molecule has 1 aromatic rings. The first kappa shape index (κ1) is 18.0. The molecule has 1 aliphatic heterocycles. The highest BCUT2D eigenvalue weighted by atomic mass is 32.2. The van der Waals surface area contributed by atoms with E-state index < -0.39 is 10.0 Å². The maximum Gasteiger partial charge on any atom is 0.254 e. The van der Waals surface area contributed by atoms with Gasteiger partial charge in [0, 0.05) is 18.2 Å². The Morgan fingerprint density at radius 2 is 1.84 bits per heavy atom. The van der Waals surface area contributed by atoms with Crippen LogP contribution >= 0.6 is 0 Å². The number of amides is 1. The van der Waals surface area contributed by atoms with Gasteiger partial charge in [0.05, 0.1) is 11.4 Å².